The van der Waals surface area contributed by atoms with E-state index >= 15 is 0 Å². The van der Waals surface area contributed by atoms with Crippen molar-refractivity contribution >= 4 is 18.0 Å². The average Bonchev–Trinajstić information content (AvgIpc) is 3.60. The van der Waals surface area contributed by atoms with Gasteiger partial charge in [-0.2, -0.15) is 0 Å². The van der Waals surface area contributed by atoms with Gasteiger partial charge in [0.15, 0.2) is 0 Å². The lowest BCUT2D eigenvalue weighted by atomic mass is 9.98. The second-order valence-corrected chi connectivity index (χ2v) is 9.30. The molecule has 2 aliphatic carbocycles. The highest BCUT2D eigenvalue weighted by molar-refractivity contribution is 5.80. The van der Waals surface area contributed by atoms with Gasteiger partial charge in [0.25, 0.3) is 0 Å². The van der Waals surface area contributed by atoms with Gasteiger partial charge in [-0.25, -0.2) is 4.79 Å². The Morgan fingerprint density at radius 1 is 1.03 bits per heavy atom. The number of carboxylic acid groups (broad SMARTS) is 1. The number of carboxylic acids is 1. The molecule has 1 fully saturated rings. The third-order valence-electron chi connectivity index (χ3n) is 6.80. The molecule has 2 aromatic rings. The molecule has 0 aromatic heterocycles. The fraction of sp³-hybridized carbons (Fsp3) is 0.444. The van der Waals surface area contributed by atoms with Crippen LogP contribution >= 0.6 is 0 Å². The van der Waals surface area contributed by atoms with Gasteiger partial charge in [0.1, 0.15) is 6.61 Å². The Kier molecular flexibility index (Phi) is 7.50. The molecule has 2 aromatic carbocycles. The van der Waals surface area contributed by atoms with Crippen LogP contribution in [0.4, 0.5) is 4.79 Å². The molecule has 1 saturated carbocycles. The molecule has 2 amide bonds. The van der Waals surface area contributed by atoms with Crippen LogP contribution < -0.4 is 10.6 Å². The van der Waals surface area contributed by atoms with Crippen molar-refractivity contribution in [3.05, 3.63) is 59.7 Å². The first-order valence-electron chi connectivity index (χ1n) is 12.1. The summed E-state index contributed by atoms with van der Waals surface area (Å²) in [4.78, 5) is 36.3. The van der Waals surface area contributed by atoms with Crippen molar-refractivity contribution in [3.63, 3.8) is 0 Å². The highest BCUT2D eigenvalue weighted by atomic mass is 16.5. The maximum atomic E-state index is 12.5. The molecule has 0 saturated heterocycles. The summed E-state index contributed by atoms with van der Waals surface area (Å²) in [6.07, 6.45) is 2.82. The second-order valence-electron chi connectivity index (χ2n) is 9.30. The predicted octanol–water partition coefficient (Wildman–Crippen LogP) is 4.31. The van der Waals surface area contributed by atoms with Crippen molar-refractivity contribution < 1.29 is 24.2 Å². The van der Waals surface area contributed by atoms with E-state index in [-0.39, 0.29) is 37.4 Å². The summed E-state index contributed by atoms with van der Waals surface area (Å²) in [5.74, 6) is -1.27. The summed E-state index contributed by atoms with van der Waals surface area (Å²) in [7, 11) is 0. The standard InChI is InChI=1S/C27H32N2O5/c1-2-19(14-25(30)28-15-18(26(31)32)13-17-11-12-17)29-27(33)34-16-24-22-9-5-3-7-20(22)21-8-4-6-10-23(21)24/h3-10,17-19,24H,2,11-16H2,1H3,(H,28,30)(H,29,33)(H,31,32)/t18?,19-/m1/s1. The summed E-state index contributed by atoms with van der Waals surface area (Å²) < 4.78 is 5.57. The number of nitrogens with one attached hydrogen (secondary N) is 2. The maximum Gasteiger partial charge on any atom is 0.407 e. The van der Waals surface area contributed by atoms with Gasteiger partial charge in [-0.05, 0) is 41.0 Å². The number of hydrogen-bond acceptors (Lipinski definition) is 4. The Morgan fingerprint density at radius 3 is 2.21 bits per heavy atom. The number of ether oxygens (including phenoxy) is 1. The summed E-state index contributed by atoms with van der Waals surface area (Å²) >= 11 is 0. The molecule has 34 heavy (non-hydrogen) atoms. The molecule has 2 aliphatic rings. The molecule has 7 nitrogen and oxygen atoms in total. The van der Waals surface area contributed by atoms with E-state index in [1.165, 1.54) is 0 Å². The van der Waals surface area contributed by atoms with Gasteiger partial charge in [-0.3, -0.25) is 9.59 Å². The third kappa shape index (κ3) is 5.76. The normalized spacial score (nSPS) is 16.1. The Hall–Kier alpha value is -3.35. The number of aliphatic carboxylic acids is 1. The molecule has 0 heterocycles. The van der Waals surface area contributed by atoms with E-state index in [9.17, 15) is 19.5 Å². The quantitative estimate of drug-likeness (QED) is 0.460. The number of carbonyl (C=O) groups is 3. The van der Waals surface area contributed by atoms with Crippen LogP contribution in [0, 0.1) is 11.8 Å². The number of fused-ring (bicyclic) bond motifs is 3. The van der Waals surface area contributed by atoms with E-state index in [1.807, 2.05) is 31.2 Å². The van der Waals surface area contributed by atoms with E-state index in [0.717, 1.165) is 35.1 Å². The first-order valence-corrected chi connectivity index (χ1v) is 12.1. The molecule has 0 radical (unpaired) electrons. The summed E-state index contributed by atoms with van der Waals surface area (Å²) in [5, 5.41) is 14.9. The Balaban J connectivity index is 1.26. The molecule has 0 spiro atoms. The Bertz CT molecular complexity index is 1000. The number of carbonyl (C=O) groups excluding carboxylic acids is 2. The van der Waals surface area contributed by atoms with Crippen molar-refractivity contribution in [2.45, 2.75) is 51.0 Å². The van der Waals surface area contributed by atoms with Crippen molar-refractivity contribution in [2.24, 2.45) is 11.8 Å². The minimum atomic E-state index is -0.879. The highest BCUT2D eigenvalue weighted by Crippen LogP contribution is 2.44. The van der Waals surface area contributed by atoms with Crippen LogP contribution in [0.15, 0.2) is 48.5 Å². The molecule has 1 unspecified atom stereocenters. The lowest BCUT2D eigenvalue weighted by Gasteiger charge is -2.19. The summed E-state index contributed by atoms with van der Waals surface area (Å²) in [5.41, 5.74) is 4.61. The van der Waals surface area contributed by atoms with Crippen LogP contribution in [0.25, 0.3) is 11.1 Å². The second kappa shape index (κ2) is 10.7. The van der Waals surface area contributed by atoms with E-state index in [2.05, 4.69) is 34.9 Å². The molecule has 4 rings (SSSR count). The molecule has 2 atom stereocenters. The van der Waals surface area contributed by atoms with Crippen molar-refractivity contribution in [2.75, 3.05) is 13.2 Å². The molecule has 3 N–H and O–H groups in total. The smallest absolute Gasteiger partial charge is 0.407 e. The van der Waals surface area contributed by atoms with Crippen LogP contribution in [0.2, 0.25) is 0 Å². The minimum absolute atomic E-state index is 0.0269. The lowest BCUT2D eigenvalue weighted by molar-refractivity contribution is -0.142. The van der Waals surface area contributed by atoms with E-state index in [1.54, 1.807) is 0 Å². The number of amides is 2. The number of alkyl carbamates (subject to hydrolysis) is 1. The zero-order valence-electron chi connectivity index (χ0n) is 19.5. The fourth-order valence-corrected chi connectivity index (χ4v) is 4.66. The third-order valence-corrected chi connectivity index (χ3v) is 6.80. The van der Waals surface area contributed by atoms with Gasteiger partial charge in [-0.15, -0.1) is 0 Å². The molecule has 7 heteroatoms. The van der Waals surface area contributed by atoms with Crippen molar-refractivity contribution in [3.8, 4) is 11.1 Å². The van der Waals surface area contributed by atoms with Crippen molar-refractivity contribution in [1.29, 1.82) is 0 Å². The largest absolute Gasteiger partial charge is 0.481 e. The SMILES string of the molecule is CC[C@H](CC(=O)NCC(CC1CC1)C(=O)O)NC(=O)OCC1c2ccccc2-c2ccccc21. The van der Waals surface area contributed by atoms with E-state index in [4.69, 9.17) is 4.74 Å². The zero-order chi connectivity index (χ0) is 24.1. The van der Waals surface area contributed by atoms with Crippen LogP contribution in [-0.2, 0) is 14.3 Å². The Morgan fingerprint density at radius 2 is 1.65 bits per heavy atom. The molecule has 180 valence electrons. The van der Waals surface area contributed by atoms with Crippen molar-refractivity contribution in [1.82, 2.24) is 10.6 Å². The van der Waals surface area contributed by atoms with E-state index in [0.29, 0.717) is 18.8 Å². The fourth-order valence-electron chi connectivity index (χ4n) is 4.66. The monoisotopic (exact) mass is 464 g/mol. The topological polar surface area (TPSA) is 105 Å². The zero-order valence-corrected chi connectivity index (χ0v) is 19.5. The highest BCUT2D eigenvalue weighted by Gasteiger charge is 2.30. The van der Waals surface area contributed by atoms with Crippen LogP contribution in [0.5, 0.6) is 0 Å². The van der Waals surface area contributed by atoms with Gasteiger partial charge >= 0.3 is 12.1 Å². The Labute approximate surface area is 199 Å². The van der Waals surface area contributed by atoms with Gasteiger partial charge < -0.3 is 20.5 Å². The molecular formula is C27H32N2O5. The lowest BCUT2D eigenvalue weighted by Crippen LogP contribution is -2.41. The maximum absolute atomic E-state index is 12.5. The van der Waals surface area contributed by atoms with Gasteiger partial charge in [-0.1, -0.05) is 68.3 Å². The van der Waals surface area contributed by atoms with Crippen LogP contribution in [0.3, 0.4) is 0 Å². The molecular weight excluding hydrogens is 432 g/mol. The summed E-state index contributed by atoms with van der Waals surface area (Å²) in [6, 6.07) is 15.9. The first kappa shape index (κ1) is 23.8. The number of benzene rings is 2. The molecule has 0 aliphatic heterocycles. The van der Waals surface area contributed by atoms with Crippen LogP contribution in [0.1, 0.15) is 56.1 Å². The number of hydrogen-bond donors (Lipinski definition) is 3. The average molecular weight is 465 g/mol. The van der Waals surface area contributed by atoms with Gasteiger partial charge in [0.05, 0.1) is 5.92 Å². The van der Waals surface area contributed by atoms with Crippen LogP contribution in [-0.4, -0.2) is 42.3 Å². The number of rotatable bonds is 11. The van der Waals surface area contributed by atoms with E-state index < -0.39 is 18.0 Å². The summed E-state index contributed by atoms with van der Waals surface area (Å²) in [6.45, 7) is 2.21. The first-order chi connectivity index (χ1) is 16.5. The van der Waals surface area contributed by atoms with Gasteiger partial charge in [0, 0.05) is 24.9 Å². The predicted molar refractivity (Wildman–Crippen MR) is 128 cm³/mol. The minimum Gasteiger partial charge on any atom is -0.481 e. The molecule has 0 bridgehead atoms. The van der Waals surface area contributed by atoms with Gasteiger partial charge in [0.2, 0.25) is 5.91 Å².